The minimum Gasteiger partial charge on any atom is -0.453 e. The average molecular weight is 197 g/mol. The second-order valence-corrected chi connectivity index (χ2v) is 3.18. The number of fused-ring (bicyclic) bond motifs is 1. The van der Waals surface area contributed by atoms with Crippen molar-refractivity contribution in [2.75, 3.05) is 13.7 Å². The van der Waals surface area contributed by atoms with E-state index in [0.29, 0.717) is 25.1 Å². The van der Waals surface area contributed by atoms with E-state index in [0.717, 1.165) is 5.69 Å². The predicted octanol–water partition coefficient (Wildman–Crippen LogP) is -0.173. The fourth-order valence-electron chi connectivity index (χ4n) is 1.60. The Morgan fingerprint density at radius 3 is 3.00 bits per heavy atom. The lowest BCUT2D eigenvalue weighted by atomic mass is 10.1. The summed E-state index contributed by atoms with van der Waals surface area (Å²) >= 11 is 0. The van der Waals surface area contributed by atoms with E-state index in [-0.39, 0.29) is 5.56 Å². The van der Waals surface area contributed by atoms with Crippen LogP contribution in [0.5, 0.6) is 0 Å². The smallest absolute Gasteiger partial charge is 0.409 e. The fourth-order valence-corrected chi connectivity index (χ4v) is 1.60. The van der Waals surface area contributed by atoms with Crippen LogP contribution in [0.2, 0.25) is 0 Å². The zero-order valence-corrected chi connectivity index (χ0v) is 7.79. The van der Waals surface area contributed by atoms with Crippen molar-refractivity contribution in [3.8, 4) is 0 Å². The predicted molar refractivity (Wildman–Crippen MR) is 47.9 cm³/mol. The summed E-state index contributed by atoms with van der Waals surface area (Å²) in [6.07, 6.45) is 0.264. The third-order valence-corrected chi connectivity index (χ3v) is 2.38. The number of hydrogen-bond donors (Lipinski definition) is 2. The molecule has 0 aromatic carbocycles. The van der Waals surface area contributed by atoms with Crippen LogP contribution in [0.25, 0.3) is 0 Å². The van der Waals surface area contributed by atoms with Crippen molar-refractivity contribution in [2.24, 2.45) is 0 Å². The lowest BCUT2D eigenvalue weighted by Crippen LogP contribution is -2.37. The number of amides is 1. The largest absolute Gasteiger partial charge is 0.453 e. The minimum absolute atomic E-state index is 0.159. The van der Waals surface area contributed by atoms with Gasteiger partial charge in [0.1, 0.15) is 0 Å². The number of aromatic nitrogens is 2. The molecule has 6 heteroatoms. The molecule has 0 spiro atoms. The first kappa shape index (κ1) is 8.86. The molecule has 1 aromatic rings. The summed E-state index contributed by atoms with van der Waals surface area (Å²) in [5.41, 5.74) is 1.35. The second kappa shape index (κ2) is 3.21. The first-order valence-corrected chi connectivity index (χ1v) is 4.33. The molecular weight excluding hydrogens is 186 g/mol. The number of nitrogens with one attached hydrogen (secondary N) is 2. The standard InChI is InChI=1S/C8H11N3O3/c1-14-8(13)11-3-2-6-5(4-11)7(12)10-9-6/h2-4H2,1H3,(H2,9,10,12). The summed E-state index contributed by atoms with van der Waals surface area (Å²) < 4.78 is 4.59. The molecule has 2 heterocycles. The zero-order chi connectivity index (χ0) is 10.1. The van der Waals surface area contributed by atoms with E-state index in [2.05, 4.69) is 14.9 Å². The van der Waals surface area contributed by atoms with Crippen LogP contribution < -0.4 is 5.56 Å². The van der Waals surface area contributed by atoms with E-state index in [4.69, 9.17) is 0 Å². The van der Waals surface area contributed by atoms with Gasteiger partial charge in [-0.3, -0.25) is 9.89 Å². The molecule has 0 bridgehead atoms. The molecule has 14 heavy (non-hydrogen) atoms. The third-order valence-electron chi connectivity index (χ3n) is 2.38. The molecule has 0 fully saturated rings. The lowest BCUT2D eigenvalue weighted by molar-refractivity contribution is 0.118. The van der Waals surface area contributed by atoms with E-state index in [1.807, 2.05) is 0 Å². The maximum Gasteiger partial charge on any atom is 0.409 e. The van der Waals surface area contributed by atoms with Gasteiger partial charge in [-0.25, -0.2) is 4.79 Å². The van der Waals surface area contributed by atoms with Crippen molar-refractivity contribution in [3.63, 3.8) is 0 Å². The van der Waals surface area contributed by atoms with Gasteiger partial charge in [0.05, 0.1) is 19.2 Å². The molecule has 6 nitrogen and oxygen atoms in total. The molecule has 2 rings (SSSR count). The van der Waals surface area contributed by atoms with Gasteiger partial charge in [0, 0.05) is 18.7 Å². The molecule has 2 N–H and O–H groups in total. The summed E-state index contributed by atoms with van der Waals surface area (Å²) in [7, 11) is 1.33. The second-order valence-electron chi connectivity index (χ2n) is 3.18. The van der Waals surface area contributed by atoms with Gasteiger partial charge in [-0.2, -0.15) is 0 Å². The normalized spacial score (nSPS) is 15.1. The number of carbonyl (C=O) groups is 1. The topological polar surface area (TPSA) is 78.2 Å². The SMILES string of the molecule is COC(=O)N1CCc2[nH][nH]c(=O)c2C1. The molecule has 0 unspecified atom stereocenters. The van der Waals surface area contributed by atoms with Crippen LogP contribution in [0, 0.1) is 0 Å². The molecule has 0 aliphatic carbocycles. The highest BCUT2D eigenvalue weighted by Crippen LogP contribution is 2.13. The summed E-state index contributed by atoms with van der Waals surface area (Å²) in [6.45, 7) is 0.897. The summed E-state index contributed by atoms with van der Waals surface area (Å²) in [6, 6.07) is 0. The number of nitrogens with zero attached hydrogens (tertiary/aromatic N) is 1. The van der Waals surface area contributed by atoms with Gasteiger partial charge < -0.3 is 14.7 Å². The van der Waals surface area contributed by atoms with Gasteiger partial charge >= 0.3 is 6.09 Å². The molecule has 1 aliphatic heterocycles. The summed E-state index contributed by atoms with van der Waals surface area (Å²) in [4.78, 5) is 24.0. The number of ether oxygens (including phenoxy) is 1. The molecule has 1 amide bonds. The van der Waals surface area contributed by atoms with Crippen LogP contribution in [0.15, 0.2) is 4.79 Å². The van der Waals surface area contributed by atoms with Gasteiger partial charge in [0.2, 0.25) is 0 Å². The van der Waals surface area contributed by atoms with E-state index in [9.17, 15) is 9.59 Å². The number of H-pyrrole nitrogens is 2. The Balaban J connectivity index is 2.24. The Kier molecular flexibility index (Phi) is 2.03. The zero-order valence-electron chi connectivity index (χ0n) is 7.79. The van der Waals surface area contributed by atoms with Crippen molar-refractivity contribution >= 4 is 6.09 Å². The van der Waals surface area contributed by atoms with Gasteiger partial charge in [0.25, 0.3) is 5.56 Å². The number of aromatic amines is 2. The Morgan fingerprint density at radius 2 is 2.29 bits per heavy atom. The first-order valence-electron chi connectivity index (χ1n) is 4.33. The van der Waals surface area contributed by atoms with Gasteiger partial charge in [-0.1, -0.05) is 0 Å². The molecule has 76 valence electrons. The van der Waals surface area contributed by atoms with Gasteiger partial charge in [-0.15, -0.1) is 0 Å². The van der Waals surface area contributed by atoms with E-state index in [1.54, 1.807) is 0 Å². The number of rotatable bonds is 0. The first-order chi connectivity index (χ1) is 6.72. The van der Waals surface area contributed by atoms with Gasteiger partial charge in [-0.05, 0) is 0 Å². The Hall–Kier alpha value is -1.72. The Labute approximate surface area is 79.8 Å². The average Bonchev–Trinajstić information content (AvgIpc) is 2.59. The molecule has 0 atom stereocenters. The van der Waals surface area contributed by atoms with Gasteiger partial charge in [0.15, 0.2) is 0 Å². The maximum absolute atomic E-state index is 11.3. The Morgan fingerprint density at radius 1 is 1.50 bits per heavy atom. The van der Waals surface area contributed by atoms with Crippen molar-refractivity contribution in [1.29, 1.82) is 0 Å². The molecule has 1 aromatic heterocycles. The number of methoxy groups -OCH3 is 1. The monoisotopic (exact) mass is 197 g/mol. The Bertz CT molecular complexity index is 406. The van der Waals surface area contributed by atoms with Crippen molar-refractivity contribution in [1.82, 2.24) is 15.1 Å². The summed E-state index contributed by atoms with van der Waals surface area (Å²) in [5, 5.41) is 5.28. The van der Waals surface area contributed by atoms with E-state index >= 15 is 0 Å². The van der Waals surface area contributed by atoms with Crippen LogP contribution in [-0.2, 0) is 17.7 Å². The van der Waals surface area contributed by atoms with E-state index < -0.39 is 6.09 Å². The highest BCUT2D eigenvalue weighted by molar-refractivity contribution is 5.67. The van der Waals surface area contributed by atoms with Crippen molar-refractivity contribution in [3.05, 3.63) is 21.6 Å². The van der Waals surface area contributed by atoms with Crippen molar-refractivity contribution < 1.29 is 9.53 Å². The fraction of sp³-hybridized carbons (Fsp3) is 0.500. The lowest BCUT2D eigenvalue weighted by Gasteiger charge is -2.24. The highest BCUT2D eigenvalue weighted by atomic mass is 16.5. The highest BCUT2D eigenvalue weighted by Gasteiger charge is 2.24. The summed E-state index contributed by atoms with van der Waals surface area (Å²) in [5.74, 6) is 0. The van der Waals surface area contributed by atoms with Crippen molar-refractivity contribution in [2.45, 2.75) is 13.0 Å². The van der Waals surface area contributed by atoms with E-state index in [1.165, 1.54) is 12.0 Å². The molecule has 1 aliphatic rings. The van der Waals surface area contributed by atoms with Crippen LogP contribution in [0.4, 0.5) is 4.79 Å². The van der Waals surface area contributed by atoms with Crippen LogP contribution in [0.3, 0.4) is 0 Å². The van der Waals surface area contributed by atoms with Crippen LogP contribution in [0.1, 0.15) is 11.3 Å². The quantitative estimate of drug-likeness (QED) is 0.606. The third kappa shape index (κ3) is 1.28. The molecule has 0 saturated carbocycles. The van der Waals surface area contributed by atoms with Crippen LogP contribution in [-0.4, -0.2) is 34.8 Å². The number of hydrogen-bond acceptors (Lipinski definition) is 3. The molecule has 0 radical (unpaired) electrons. The maximum atomic E-state index is 11.3. The van der Waals surface area contributed by atoms with Crippen LogP contribution >= 0.6 is 0 Å². The molecular formula is C8H11N3O3. The molecule has 0 saturated heterocycles. The number of carbonyl (C=O) groups excluding carboxylic acids is 1. The minimum atomic E-state index is -0.392.